The lowest BCUT2D eigenvalue weighted by Gasteiger charge is -1.98. The number of nitrogens with zero attached hydrogens (tertiary/aromatic N) is 3. The summed E-state index contributed by atoms with van der Waals surface area (Å²) in [5.74, 6) is -0.984. The van der Waals surface area contributed by atoms with Gasteiger partial charge in [-0.25, -0.2) is 14.5 Å². The molecule has 3 aromatic rings. The summed E-state index contributed by atoms with van der Waals surface area (Å²) in [5, 5.41) is 15.3. The number of aromatic nitrogens is 3. The van der Waals surface area contributed by atoms with Crippen LogP contribution < -0.4 is 4.74 Å². The maximum absolute atomic E-state index is 11.2. The molecule has 3 rings (SSSR count). The van der Waals surface area contributed by atoms with Gasteiger partial charge in [0.25, 0.3) is 5.19 Å². The normalized spacial score (nSPS) is 10.4. The van der Waals surface area contributed by atoms with Crippen LogP contribution in [0.15, 0.2) is 48.1 Å². The molecule has 0 saturated heterocycles. The van der Waals surface area contributed by atoms with Crippen LogP contribution in [0.25, 0.3) is 5.69 Å². The van der Waals surface area contributed by atoms with E-state index in [2.05, 4.69) is 10.1 Å². The number of aromatic carboxylic acids is 1. The van der Waals surface area contributed by atoms with Gasteiger partial charge >= 0.3 is 5.97 Å². The molecule has 1 N–H and O–H groups in total. The maximum atomic E-state index is 11.2. The molecule has 0 atom stereocenters. The molecule has 0 unspecified atom stereocenters. The topological polar surface area (TPSA) is 77.2 Å². The van der Waals surface area contributed by atoms with Crippen molar-refractivity contribution in [3.05, 3.63) is 53.8 Å². The molecule has 6 nitrogen and oxygen atoms in total. The van der Waals surface area contributed by atoms with E-state index in [1.807, 2.05) is 30.3 Å². The van der Waals surface area contributed by atoms with Crippen LogP contribution >= 0.6 is 11.3 Å². The number of carbonyl (C=O) groups is 1. The molecule has 1 aromatic carbocycles. The highest BCUT2D eigenvalue weighted by Gasteiger charge is 2.19. The Bertz CT molecular complexity index is 723. The first-order valence-electron chi connectivity index (χ1n) is 5.70. The number of thiazole rings is 1. The van der Waals surface area contributed by atoms with Crippen LogP contribution in [0.5, 0.6) is 10.9 Å². The van der Waals surface area contributed by atoms with E-state index in [0.717, 1.165) is 5.69 Å². The van der Waals surface area contributed by atoms with Crippen molar-refractivity contribution in [2.75, 3.05) is 0 Å². The second kappa shape index (κ2) is 5.14. The standard InChI is InChI=1S/C13H9N3O3S/c17-12(18)11-10(19-13-14-6-7-20-13)8-16(15-11)9-4-2-1-3-5-9/h1-8H,(H,17,18). The van der Waals surface area contributed by atoms with Crippen LogP contribution in [0.2, 0.25) is 0 Å². The number of benzene rings is 1. The molecule has 0 aliphatic rings. The fourth-order valence-corrected chi connectivity index (χ4v) is 2.15. The number of carboxylic acids is 1. The van der Waals surface area contributed by atoms with Gasteiger partial charge in [-0.15, -0.1) is 0 Å². The SMILES string of the molecule is O=C(O)c1nn(-c2ccccc2)cc1Oc1nccs1. The molecular formula is C13H9N3O3S. The molecule has 100 valence electrons. The van der Waals surface area contributed by atoms with Gasteiger partial charge in [-0.2, -0.15) is 5.10 Å². The molecule has 0 bridgehead atoms. The average molecular weight is 287 g/mol. The van der Waals surface area contributed by atoms with E-state index >= 15 is 0 Å². The summed E-state index contributed by atoms with van der Waals surface area (Å²) in [6, 6.07) is 9.22. The van der Waals surface area contributed by atoms with E-state index in [-0.39, 0.29) is 11.4 Å². The quantitative estimate of drug-likeness (QED) is 0.798. The van der Waals surface area contributed by atoms with Crippen LogP contribution in [0, 0.1) is 0 Å². The lowest BCUT2D eigenvalue weighted by Crippen LogP contribution is -2.01. The number of hydrogen-bond donors (Lipinski definition) is 1. The number of hydrogen-bond acceptors (Lipinski definition) is 5. The summed E-state index contributed by atoms with van der Waals surface area (Å²) in [4.78, 5) is 15.2. The van der Waals surface area contributed by atoms with E-state index < -0.39 is 5.97 Å². The maximum Gasteiger partial charge on any atom is 0.360 e. The summed E-state index contributed by atoms with van der Waals surface area (Å²) in [5.41, 5.74) is 0.605. The minimum atomic E-state index is -1.15. The van der Waals surface area contributed by atoms with Gasteiger partial charge in [-0.05, 0) is 12.1 Å². The Morgan fingerprint density at radius 2 is 2.10 bits per heavy atom. The van der Waals surface area contributed by atoms with Crippen molar-refractivity contribution in [1.82, 2.24) is 14.8 Å². The fourth-order valence-electron chi connectivity index (χ4n) is 1.65. The highest BCUT2D eigenvalue weighted by molar-refractivity contribution is 7.11. The second-order valence-electron chi connectivity index (χ2n) is 3.83. The largest absolute Gasteiger partial charge is 0.476 e. The zero-order chi connectivity index (χ0) is 13.9. The monoisotopic (exact) mass is 287 g/mol. The number of carboxylic acid groups (broad SMARTS) is 1. The van der Waals surface area contributed by atoms with E-state index in [9.17, 15) is 9.90 Å². The second-order valence-corrected chi connectivity index (χ2v) is 4.68. The Morgan fingerprint density at radius 3 is 2.75 bits per heavy atom. The van der Waals surface area contributed by atoms with E-state index in [1.54, 1.807) is 11.6 Å². The molecule has 2 aromatic heterocycles. The van der Waals surface area contributed by atoms with Crippen molar-refractivity contribution in [3.8, 4) is 16.6 Å². The summed E-state index contributed by atoms with van der Waals surface area (Å²) < 4.78 is 6.92. The molecule has 20 heavy (non-hydrogen) atoms. The summed E-state index contributed by atoms with van der Waals surface area (Å²) in [6.07, 6.45) is 3.11. The third-order valence-corrected chi connectivity index (χ3v) is 3.16. The summed E-state index contributed by atoms with van der Waals surface area (Å²) >= 11 is 1.28. The number of para-hydroxylation sites is 1. The van der Waals surface area contributed by atoms with Gasteiger partial charge in [0.05, 0.1) is 11.9 Å². The van der Waals surface area contributed by atoms with Crippen LogP contribution in [-0.2, 0) is 0 Å². The summed E-state index contributed by atoms with van der Waals surface area (Å²) in [7, 11) is 0. The smallest absolute Gasteiger partial charge is 0.360 e. The van der Waals surface area contributed by atoms with Crippen LogP contribution in [-0.4, -0.2) is 25.8 Å². The zero-order valence-electron chi connectivity index (χ0n) is 10.1. The summed E-state index contributed by atoms with van der Waals surface area (Å²) in [6.45, 7) is 0. The van der Waals surface area contributed by atoms with Crippen molar-refractivity contribution in [3.63, 3.8) is 0 Å². The molecular weight excluding hydrogens is 278 g/mol. The molecule has 0 aliphatic heterocycles. The third-order valence-electron chi connectivity index (χ3n) is 2.51. The Kier molecular flexibility index (Phi) is 3.18. The van der Waals surface area contributed by atoms with E-state index in [0.29, 0.717) is 5.19 Å². The lowest BCUT2D eigenvalue weighted by atomic mass is 10.3. The predicted molar refractivity (Wildman–Crippen MR) is 72.7 cm³/mol. The van der Waals surface area contributed by atoms with Gasteiger partial charge in [0.15, 0.2) is 5.75 Å². The van der Waals surface area contributed by atoms with Crippen molar-refractivity contribution in [2.24, 2.45) is 0 Å². The fraction of sp³-hybridized carbons (Fsp3) is 0. The first-order valence-corrected chi connectivity index (χ1v) is 6.58. The number of rotatable bonds is 4. The van der Waals surface area contributed by atoms with Gasteiger partial charge in [0.2, 0.25) is 5.69 Å². The van der Waals surface area contributed by atoms with Crippen LogP contribution in [0.1, 0.15) is 10.5 Å². The molecule has 0 radical (unpaired) electrons. The van der Waals surface area contributed by atoms with Crippen molar-refractivity contribution in [1.29, 1.82) is 0 Å². The van der Waals surface area contributed by atoms with E-state index in [4.69, 9.17) is 4.74 Å². The van der Waals surface area contributed by atoms with Gasteiger partial charge in [-0.1, -0.05) is 29.5 Å². The Morgan fingerprint density at radius 1 is 1.30 bits per heavy atom. The molecule has 2 heterocycles. The average Bonchev–Trinajstić information content (AvgIpc) is 3.10. The third kappa shape index (κ3) is 2.39. The van der Waals surface area contributed by atoms with Crippen LogP contribution in [0.3, 0.4) is 0 Å². The Hall–Kier alpha value is -2.67. The van der Waals surface area contributed by atoms with Crippen molar-refractivity contribution < 1.29 is 14.6 Å². The van der Waals surface area contributed by atoms with Gasteiger partial charge < -0.3 is 9.84 Å². The predicted octanol–water partition coefficient (Wildman–Crippen LogP) is 2.82. The zero-order valence-corrected chi connectivity index (χ0v) is 10.9. The highest BCUT2D eigenvalue weighted by atomic mass is 32.1. The minimum absolute atomic E-state index is 0.149. The lowest BCUT2D eigenvalue weighted by molar-refractivity contribution is 0.0687. The molecule has 0 fully saturated rings. The Labute approximate surface area is 117 Å². The van der Waals surface area contributed by atoms with Gasteiger partial charge in [0, 0.05) is 11.6 Å². The first kappa shape index (κ1) is 12.4. The highest BCUT2D eigenvalue weighted by Crippen LogP contribution is 2.27. The van der Waals surface area contributed by atoms with Crippen molar-refractivity contribution in [2.45, 2.75) is 0 Å². The first-order chi connectivity index (χ1) is 9.74. The molecule has 0 saturated carbocycles. The van der Waals surface area contributed by atoms with Gasteiger partial charge in [0.1, 0.15) is 0 Å². The molecule has 0 spiro atoms. The van der Waals surface area contributed by atoms with Crippen LogP contribution in [0.4, 0.5) is 0 Å². The van der Waals surface area contributed by atoms with E-state index in [1.165, 1.54) is 22.2 Å². The number of ether oxygens (including phenoxy) is 1. The Balaban J connectivity index is 2.01. The van der Waals surface area contributed by atoms with Crippen molar-refractivity contribution >= 4 is 17.3 Å². The minimum Gasteiger partial charge on any atom is -0.476 e. The molecule has 7 heteroatoms. The molecule has 0 amide bonds. The molecule has 0 aliphatic carbocycles. The van der Waals surface area contributed by atoms with Gasteiger partial charge in [-0.3, -0.25) is 0 Å².